The van der Waals surface area contributed by atoms with E-state index in [0.29, 0.717) is 18.2 Å². The first kappa shape index (κ1) is 13.6. The molecule has 0 aromatic carbocycles. The number of hydrogen-bond acceptors (Lipinski definition) is 4. The molecule has 3 rings (SSSR count). The van der Waals surface area contributed by atoms with Gasteiger partial charge in [-0.3, -0.25) is 4.79 Å². The van der Waals surface area contributed by atoms with Crippen LogP contribution in [0.5, 0.6) is 0 Å². The smallest absolute Gasteiger partial charge is 0.383 e. The topological polar surface area (TPSA) is 94.9 Å². The van der Waals surface area contributed by atoms with E-state index in [9.17, 15) is 18.0 Å². The van der Waals surface area contributed by atoms with Gasteiger partial charge < -0.3 is 11.5 Å². The molecule has 0 saturated heterocycles. The lowest BCUT2D eigenvalue weighted by Crippen LogP contribution is -2.16. The molecule has 5 nitrogen and oxygen atoms in total. The first-order valence-corrected chi connectivity index (χ1v) is 6.25. The van der Waals surface area contributed by atoms with E-state index in [1.807, 2.05) is 0 Å². The standard InChI is InChI=1S/C13H11F3N4O/c14-13(15,16)9-7(5-1-2-5)3-6-4-8(11(18)21)10(17)20-12(6)19-9/h3-5H,1-2H2,(H2,18,21)(H2,17,19,20). The van der Waals surface area contributed by atoms with Crippen LogP contribution in [0, 0.1) is 0 Å². The summed E-state index contributed by atoms with van der Waals surface area (Å²) in [4.78, 5) is 18.6. The fraction of sp³-hybridized carbons (Fsp3) is 0.308. The maximum Gasteiger partial charge on any atom is 0.433 e. The molecule has 110 valence electrons. The second-order valence-corrected chi connectivity index (χ2v) is 5.03. The van der Waals surface area contributed by atoms with E-state index in [1.54, 1.807) is 0 Å². The number of halogens is 3. The van der Waals surface area contributed by atoms with Crippen LogP contribution in [0.1, 0.15) is 40.4 Å². The number of nitrogen functional groups attached to an aromatic ring is 1. The van der Waals surface area contributed by atoms with Gasteiger partial charge in [-0.2, -0.15) is 13.2 Å². The minimum Gasteiger partial charge on any atom is -0.383 e. The van der Waals surface area contributed by atoms with Crippen molar-refractivity contribution in [1.29, 1.82) is 0 Å². The number of rotatable bonds is 2. The van der Waals surface area contributed by atoms with Crippen LogP contribution in [0.3, 0.4) is 0 Å². The summed E-state index contributed by atoms with van der Waals surface area (Å²) in [7, 11) is 0. The average Bonchev–Trinajstić information content (AvgIpc) is 3.19. The maximum absolute atomic E-state index is 13.1. The number of aromatic nitrogens is 2. The van der Waals surface area contributed by atoms with Gasteiger partial charge in [-0.25, -0.2) is 9.97 Å². The highest BCUT2D eigenvalue weighted by Gasteiger charge is 2.40. The van der Waals surface area contributed by atoms with E-state index in [2.05, 4.69) is 9.97 Å². The second-order valence-electron chi connectivity index (χ2n) is 5.03. The molecule has 0 spiro atoms. The Kier molecular flexibility index (Phi) is 2.79. The second kappa shape index (κ2) is 4.31. The third-order valence-electron chi connectivity index (χ3n) is 3.41. The van der Waals surface area contributed by atoms with Crippen molar-refractivity contribution in [2.24, 2.45) is 5.73 Å². The molecule has 1 fully saturated rings. The summed E-state index contributed by atoms with van der Waals surface area (Å²) in [5.41, 5.74) is 9.71. The van der Waals surface area contributed by atoms with Crippen LogP contribution >= 0.6 is 0 Å². The normalized spacial score (nSPS) is 15.4. The predicted molar refractivity (Wildman–Crippen MR) is 69.4 cm³/mol. The van der Waals surface area contributed by atoms with Gasteiger partial charge in [0.05, 0.1) is 5.56 Å². The molecule has 2 aromatic rings. The molecule has 0 radical (unpaired) electrons. The molecule has 0 aliphatic heterocycles. The Morgan fingerprint density at radius 3 is 2.43 bits per heavy atom. The molecular formula is C13H11F3N4O. The van der Waals surface area contributed by atoms with Crippen molar-refractivity contribution in [3.05, 3.63) is 29.0 Å². The number of nitrogens with two attached hydrogens (primary N) is 2. The molecule has 8 heteroatoms. The number of alkyl halides is 3. The Labute approximate surface area is 117 Å². The summed E-state index contributed by atoms with van der Waals surface area (Å²) >= 11 is 0. The Hall–Kier alpha value is -2.38. The predicted octanol–water partition coefficient (Wildman–Crippen LogP) is 2.21. The molecule has 1 amide bonds. The maximum atomic E-state index is 13.1. The molecule has 1 saturated carbocycles. The highest BCUT2D eigenvalue weighted by Crippen LogP contribution is 2.46. The number of carbonyl (C=O) groups is 1. The zero-order valence-corrected chi connectivity index (χ0v) is 10.7. The number of nitrogens with zero attached hydrogens (tertiary/aromatic N) is 2. The van der Waals surface area contributed by atoms with Gasteiger partial charge in [0, 0.05) is 5.39 Å². The Balaban J connectivity index is 2.28. The summed E-state index contributed by atoms with van der Waals surface area (Å²) < 4.78 is 39.2. The van der Waals surface area contributed by atoms with Gasteiger partial charge in [-0.15, -0.1) is 0 Å². The fourth-order valence-corrected chi connectivity index (χ4v) is 2.26. The lowest BCUT2D eigenvalue weighted by molar-refractivity contribution is -0.141. The van der Waals surface area contributed by atoms with E-state index in [1.165, 1.54) is 12.1 Å². The zero-order valence-electron chi connectivity index (χ0n) is 10.7. The molecule has 2 heterocycles. The molecule has 21 heavy (non-hydrogen) atoms. The van der Waals surface area contributed by atoms with Crippen molar-refractivity contribution in [3.63, 3.8) is 0 Å². The number of pyridine rings is 2. The highest BCUT2D eigenvalue weighted by atomic mass is 19.4. The third-order valence-corrected chi connectivity index (χ3v) is 3.41. The molecule has 1 aliphatic carbocycles. The number of fused-ring (bicyclic) bond motifs is 1. The van der Waals surface area contributed by atoms with Crippen LogP contribution in [0.4, 0.5) is 19.0 Å². The van der Waals surface area contributed by atoms with Crippen molar-refractivity contribution >= 4 is 22.8 Å². The Morgan fingerprint density at radius 1 is 1.24 bits per heavy atom. The largest absolute Gasteiger partial charge is 0.433 e. The fourth-order valence-electron chi connectivity index (χ4n) is 2.26. The molecule has 0 unspecified atom stereocenters. The molecule has 0 bridgehead atoms. The monoisotopic (exact) mass is 296 g/mol. The summed E-state index contributed by atoms with van der Waals surface area (Å²) in [6.07, 6.45) is -3.16. The van der Waals surface area contributed by atoms with Gasteiger partial charge in [0.2, 0.25) is 0 Å². The van der Waals surface area contributed by atoms with E-state index in [4.69, 9.17) is 11.5 Å². The van der Waals surface area contributed by atoms with Gasteiger partial charge in [0.25, 0.3) is 5.91 Å². The van der Waals surface area contributed by atoms with Crippen molar-refractivity contribution in [2.45, 2.75) is 24.9 Å². The Morgan fingerprint density at radius 2 is 1.90 bits per heavy atom. The number of primary amides is 1. The van der Waals surface area contributed by atoms with E-state index in [0.717, 1.165) is 0 Å². The SMILES string of the molecule is NC(=O)c1cc2cc(C3CC3)c(C(F)(F)F)nc2nc1N. The number of hydrogen-bond donors (Lipinski definition) is 2. The quantitative estimate of drug-likeness (QED) is 0.888. The van der Waals surface area contributed by atoms with E-state index < -0.39 is 17.8 Å². The summed E-state index contributed by atoms with van der Waals surface area (Å²) in [6, 6.07) is 2.71. The highest BCUT2D eigenvalue weighted by molar-refractivity contribution is 6.00. The van der Waals surface area contributed by atoms with Crippen LogP contribution in [0.15, 0.2) is 12.1 Å². The molecule has 2 aromatic heterocycles. The average molecular weight is 296 g/mol. The van der Waals surface area contributed by atoms with Gasteiger partial charge >= 0.3 is 6.18 Å². The van der Waals surface area contributed by atoms with E-state index in [-0.39, 0.29) is 28.5 Å². The van der Waals surface area contributed by atoms with Crippen LogP contribution in [0.25, 0.3) is 11.0 Å². The number of anilines is 1. The minimum atomic E-state index is -4.55. The summed E-state index contributed by atoms with van der Waals surface area (Å²) in [5.74, 6) is -1.15. The summed E-state index contributed by atoms with van der Waals surface area (Å²) in [6.45, 7) is 0. The van der Waals surface area contributed by atoms with Crippen molar-refractivity contribution in [3.8, 4) is 0 Å². The molecule has 0 atom stereocenters. The lowest BCUT2D eigenvalue weighted by atomic mass is 10.0. The zero-order chi connectivity index (χ0) is 15.4. The van der Waals surface area contributed by atoms with Crippen LogP contribution in [-0.2, 0) is 6.18 Å². The van der Waals surface area contributed by atoms with Crippen LogP contribution < -0.4 is 11.5 Å². The first-order chi connectivity index (χ1) is 9.77. The third kappa shape index (κ3) is 2.37. The lowest BCUT2D eigenvalue weighted by Gasteiger charge is -2.13. The summed E-state index contributed by atoms with van der Waals surface area (Å²) in [5, 5.41) is 0.327. The molecule has 4 N–H and O–H groups in total. The molecule has 1 aliphatic rings. The van der Waals surface area contributed by atoms with Crippen molar-refractivity contribution in [1.82, 2.24) is 9.97 Å². The van der Waals surface area contributed by atoms with Crippen molar-refractivity contribution < 1.29 is 18.0 Å². The number of amides is 1. The Bertz CT molecular complexity index is 753. The van der Waals surface area contributed by atoms with E-state index >= 15 is 0 Å². The van der Waals surface area contributed by atoms with Crippen LogP contribution in [-0.4, -0.2) is 15.9 Å². The molecular weight excluding hydrogens is 285 g/mol. The van der Waals surface area contributed by atoms with Gasteiger partial charge in [0.1, 0.15) is 11.5 Å². The minimum absolute atomic E-state index is 0.0224. The van der Waals surface area contributed by atoms with Gasteiger partial charge in [-0.1, -0.05) is 0 Å². The van der Waals surface area contributed by atoms with Crippen LogP contribution in [0.2, 0.25) is 0 Å². The number of carbonyl (C=O) groups excluding carboxylic acids is 1. The first-order valence-electron chi connectivity index (χ1n) is 6.25. The van der Waals surface area contributed by atoms with Gasteiger partial charge in [-0.05, 0) is 36.5 Å². The van der Waals surface area contributed by atoms with Gasteiger partial charge in [0.15, 0.2) is 5.65 Å². The van der Waals surface area contributed by atoms with Crippen molar-refractivity contribution in [2.75, 3.05) is 5.73 Å².